The fourth-order valence-corrected chi connectivity index (χ4v) is 5.71. The third-order valence-electron chi connectivity index (χ3n) is 5.33. The van der Waals surface area contributed by atoms with Gasteiger partial charge < -0.3 is 9.84 Å². The molecule has 1 aliphatic carbocycles. The van der Waals surface area contributed by atoms with E-state index in [1.807, 2.05) is 0 Å². The summed E-state index contributed by atoms with van der Waals surface area (Å²) in [7, 11) is -3.57. The molecule has 0 atom stereocenters. The number of carbonyl (C=O) groups is 1. The van der Waals surface area contributed by atoms with E-state index in [1.54, 1.807) is 13.8 Å². The molecule has 25 heavy (non-hydrogen) atoms. The number of nitrogens with one attached hydrogen (secondary N) is 1. The van der Waals surface area contributed by atoms with E-state index in [0.717, 1.165) is 12.8 Å². The molecule has 1 aromatic heterocycles. The van der Waals surface area contributed by atoms with Gasteiger partial charge in [0.1, 0.15) is 10.6 Å². The van der Waals surface area contributed by atoms with Gasteiger partial charge in [0.05, 0.1) is 0 Å². The molecule has 3 rings (SSSR count). The molecule has 0 bridgehead atoms. The summed E-state index contributed by atoms with van der Waals surface area (Å²) in [5, 5.41) is 6.86. The van der Waals surface area contributed by atoms with Crippen LogP contribution in [0.4, 0.5) is 0 Å². The van der Waals surface area contributed by atoms with Crippen LogP contribution in [-0.2, 0) is 14.8 Å². The Labute approximate surface area is 149 Å². The molecule has 0 aromatic carbocycles. The van der Waals surface area contributed by atoms with E-state index in [1.165, 1.54) is 17.1 Å². The molecule has 1 aliphatic heterocycles. The first-order chi connectivity index (χ1) is 11.9. The summed E-state index contributed by atoms with van der Waals surface area (Å²) < 4.78 is 32.1. The zero-order chi connectivity index (χ0) is 18.0. The minimum absolute atomic E-state index is 0.110. The number of hydrogen-bond acceptors (Lipinski definition) is 5. The van der Waals surface area contributed by atoms with Crippen LogP contribution in [0.15, 0.2) is 9.42 Å². The Morgan fingerprint density at radius 3 is 2.40 bits per heavy atom. The minimum Gasteiger partial charge on any atom is -0.360 e. The molecular formula is C17H27N3O4S. The summed E-state index contributed by atoms with van der Waals surface area (Å²) in [4.78, 5) is 12.3. The van der Waals surface area contributed by atoms with Crippen molar-refractivity contribution in [2.24, 2.45) is 5.92 Å². The molecule has 8 heteroatoms. The number of nitrogens with zero attached hydrogens (tertiary/aromatic N) is 2. The molecule has 140 valence electrons. The molecule has 1 saturated carbocycles. The predicted octanol–water partition coefficient (Wildman–Crippen LogP) is 2.14. The van der Waals surface area contributed by atoms with Crippen LogP contribution in [0, 0.1) is 19.8 Å². The van der Waals surface area contributed by atoms with Crippen molar-refractivity contribution >= 4 is 15.9 Å². The Balaban J connectivity index is 1.54. The van der Waals surface area contributed by atoms with Crippen LogP contribution in [-0.4, -0.2) is 42.9 Å². The second-order valence-corrected chi connectivity index (χ2v) is 9.13. The van der Waals surface area contributed by atoms with Crippen LogP contribution in [0.1, 0.15) is 56.4 Å². The van der Waals surface area contributed by atoms with E-state index in [4.69, 9.17) is 4.52 Å². The van der Waals surface area contributed by atoms with Gasteiger partial charge in [-0.05, 0) is 45.4 Å². The van der Waals surface area contributed by atoms with Gasteiger partial charge in [-0.25, -0.2) is 8.42 Å². The van der Waals surface area contributed by atoms with Crippen molar-refractivity contribution in [2.45, 2.75) is 69.7 Å². The number of piperidine rings is 1. The molecule has 1 amide bonds. The van der Waals surface area contributed by atoms with Gasteiger partial charge in [-0.1, -0.05) is 18.0 Å². The van der Waals surface area contributed by atoms with Gasteiger partial charge in [0, 0.05) is 25.6 Å². The van der Waals surface area contributed by atoms with Crippen LogP contribution in [0.25, 0.3) is 0 Å². The first-order valence-corrected chi connectivity index (χ1v) is 10.5. The highest BCUT2D eigenvalue weighted by molar-refractivity contribution is 7.89. The molecule has 1 aromatic rings. The zero-order valence-corrected chi connectivity index (χ0v) is 15.8. The number of carbonyl (C=O) groups excluding carboxylic acids is 1. The molecule has 0 unspecified atom stereocenters. The Morgan fingerprint density at radius 2 is 1.84 bits per heavy atom. The topological polar surface area (TPSA) is 92.5 Å². The molecule has 1 saturated heterocycles. The molecule has 7 nitrogen and oxygen atoms in total. The number of amides is 1. The molecule has 2 aliphatic rings. The SMILES string of the molecule is Cc1noc(C)c1S(=O)(=O)N1CCC(CC(=O)NC2CCCC2)CC1. The quantitative estimate of drug-likeness (QED) is 0.858. The Kier molecular flexibility index (Phi) is 5.48. The van der Waals surface area contributed by atoms with Crippen molar-refractivity contribution in [3.63, 3.8) is 0 Å². The molecule has 2 heterocycles. The molecule has 2 fully saturated rings. The summed E-state index contributed by atoms with van der Waals surface area (Å²) in [5.74, 6) is 0.687. The van der Waals surface area contributed by atoms with E-state index in [2.05, 4.69) is 10.5 Å². The average molecular weight is 369 g/mol. The lowest BCUT2D eigenvalue weighted by Crippen LogP contribution is -2.40. The van der Waals surface area contributed by atoms with E-state index < -0.39 is 10.0 Å². The van der Waals surface area contributed by atoms with Gasteiger partial charge in [-0.2, -0.15) is 4.31 Å². The highest BCUT2D eigenvalue weighted by Gasteiger charge is 2.34. The number of aryl methyl sites for hydroxylation is 2. The van der Waals surface area contributed by atoms with Crippen LogP contribution in [0.3, 0.4) is 0 Å². The highest BCUT2D eigenvalue weighted by Crippen LogP contribution is 2.29. The minimum atomic E-state index is -3.57. The first-order valence-electron chi connectivity index (χ1n) is 9.10. The third kappa shape index (κ3) is 4.06. The van der Waals surface area contributed by atoms with Crippen LogP contribution in [0.2, 0.25) is 0 Å². The van der Waals surface area contributed by atoms with Gasteiger partial charge in [-0.15, -0.1) is 0 Å². The predicted molar refractivity (Wildman–Crippen MR) is 92.5 cm³/mol. The van der Waals surface area contributed by atoms with Crippen molar-refractivity contribution < 1.29 is 17.7 Å². The van der Waals surface area contributed by atoms with Crippen molar-refractivity contribution in [2.75, 3.05) is 13.1 Å². The van der Waals surface area contributed by atoms with Crippen molar-refractivity contribution in [1.29, 1.82) is 0 Å². The summed E-state index contributed by atoms with van der Waals surface area (Å²) in [5.41, 5.74) is 0.399. The second-order valence-electron chi connectivity index (χ2n) is 7.25. The fraction of sp³-hybridized carbons (Fsp3) is 0.765. The highest BCUT2D eigenvalue weighted by atomic mass is 32.2. The number of rotatable bonds is 5. The van der Waals surface area contributed by atoms with Gasteiger partial charge in [0.25, 0.3) is 0 Å². The van der Waals surface area contributed by atoms with Crippen LogP contribution < -0.4 is 5.32 Å². The smallest absolute Gasteiger partial charge is 0.248 e. The van der Waals surface area contributed by atoms with E-state index in [0.29, 0.717) is 49.8 Å². The summed E-state index contributed by atoms with van der Waals surface area (Å²) in [6.07, 6.45) is 6.47. The maximum atomic E-state index is 12.8. The number of hydrogen-bond donors (Lipinski definition) is 1. The van der Waals surface area contributed by atoms with Gasteiger partial charge in [0.15, 0.2) is 5.76 Å². The molecule has 0 radical (unpaired) electrons. The van der Waals surface area contributed by atoms with E-state index >= 15 is 0 Å². The summed E-state index contributed by atoms with van der Waals surface area (Å²) in [6.45, 7) is 4.14. The van der Waals surface area contributed by atoms with Crippen LogP contribution in [0.5, 0.6) is 0 Å². The lowest BCUT2D eigenvalue weighted by Gasteiger charge is -2.31. The largest absolute Gasteiger partial charge is 0.360 e. The lowest BCUT2D eigenvalue weighted by molar-refractivity contribution is -0.122. The standard InChI is InChI=1S/C17H27N3O4S/c1-12-17(13(2)24-19-12)25(22,23)20-9-7-14(8-10-20)11-16(21)18-15-5-3-4-6-15/h14-15H,3-11H2,1-2H3,(H,18,21). The van der Waals surface area contributed by atoms with Crippen molar-refractivity contribution in [3.05, 3.63) is 11.5 Å². The zero-order valence-electron chi connectivity index (χ0n) is 15.0. The molecule has 0 spiro atoms. The Morgan fingerprint density at radius 1 is 1.20 bits per heavy atom. The maximum absolute atomic E-state index is 12.8. The first kappa shape index (κ1) is 18.4. The third-order valence-corrected chi connectivity index (χ3v) is 7.48. The molecule has 1 N–H and O–H groups in total. The van der Waals surface area contributed by atoms with Gasteiger partial charge in [0.2, 0.25) is 15.9 Å². The number of aromatic nitrogens is 1. The fourth-order valence-electron chi connectivity index (χ4n) is 3.94. The van der Waals surface area contributed by atoms with E-state index in [9.17, 15) is 13.2 Å². The number of sulfonamides is 1. The monoisotopic (exact) mass is 369 g/mol. The second kappa shape index (κ2) is 7.45. The summed E-state index contributed by atoms with van der Waals surface area (Å²) >= 11 is 0. The van der Waals surface area contributed by atoms with E-state index in [-0.39, 0.29) is 16.7 Å². The Bertz CT molecular complexity index is 695. The Hall–Kier alpha value is -1.41. The summed E-state index contributed by atoms with van der Waals surface area (Å²) in [6, 6.07) is 0.340. The van der Waals surface area contributed by atoms with Crippen LogP contribution >= 0.6 is 0 Å². The normalized spacial score (nSPS) is 20.9. The average Bonchev–Trinajstić information content (AvgIpc) is 3.17. The van der Waals surface area contributed by atoms with Crippen molar-refractivity contribution in [1.82, 2.24) is 14.8 Å². The molecular weight excluding hydrogens is 342 g/mol. The lowest BCUT2D eigenvalue weighted by atomic mass is 9.94. The van der Waals surface area contributed by atoms with Crippen molar-refractivity contribution in [3.8, 4) is 0 Å². The van der Waals surface area contributed by atoms with Gasteiger partial charge in [-0.3, -0.25) is 4.79 Å². The maximum Gasteiger partial charge on any atom is 0.248 e. The van der Waals surface area contributed by atoms with Gasteiger partial charge >= 0.3 is 0 Å².